The molecule has 2 atom stereocenters. The molecule has 2 aromatic carbocycles. The Morgan fingerprint density at radius 2 is 1.82 bits per heavy atom. The van der Waals surface area contributed by atoms with Crippen LogP contribution in [0.25, 0.3) is 0 Å². The minimum atomic E-state index is -4.61. The van der Waals surface area contributed by atoms with Crippen LogP contribution in [0.15, 0.2) is 48.8 Å². The van der Waals surface area contributed by atoms with E-state index in [-0.39, 0.29) is 55.4 Å². The van der Waals surface area contributed by atoms with Gasteiger partial charge in [-0.1, -0.05) is 12.1 Å². The van der Waals surface area contributed by atoms with Gasteiger partial charge in [0.15, 0.2) is 0 Å². The number of carbonyl (C=O) groups excluding carboxylic acids is 2. The summed E-state index contributed by atoms with van der Waals surface area (Å²) in [5, 5.41) is 12.4. The van der Waals surface area contributed by atoms with Crippen molar-refractivity contribution in [3.63, 3.8) is 0 Å². The lowest BCUT2D eigenvalue weighted by molar-refractivity contribution is -0.148. The fourth-order valence-corrected chi connectivity index (χ4v) is 6.47. The van der Waals surface area contributed by atoms with Crippen LogP contribution in [0.4, 0.5) is 38.0 Å². The Hall–Kier alpha value is -4.11. The van der Waals surface area contributed by atoms with Crippen molar-refractivity contribution >= 4 is 23.5 Å². The fourth-order valence-electron chi connectivity index (χ4n) is 6.47. The van der Waals surface area contributed by atoms with Crippen molar-refractivity contribution in [1.82, 2.24) is 14.5 Å². The van der Waals surface area contributed by atoms with E-state index >= 15 is 4.39 Å². The predicted octanol–water partition coefficient (Wildman–Crippen LogP) is 5.53. The number of nitrogens with zero attached hydrogens (tertiary/aromatic N) is 4. The maximum atomic E-state index is 17.0. The predicted molar refractivity (Wildman–Crippen MR) is 169 cm³/mol. The molecule has 0 bridgehead atoms. The van der Waals surface area contributed by atoms with E-state index in [0.717, 1.165) is 24.3 Å². The van der Waals surface area contributed by atoms with E-state index in [4.69, 9.17) is 4.74 Å². The van der Waals surface area contributed by atoms with Crippen molar-refractivity contribution in [3.05, 3.63) is 77.1 Å². The maximum absolute atomic E-state index is 17.0. The van der Waals surface area contributed by atoms with Gasteiger partial charge < -0.3 is 19.3 Å². The lowest BCUT2D eigenvalue weighted by atomic mass is 9.85. The zero-order valence-corrected chi connectivity index (χ0v) is 27.4. The van der Waals surface area contributed by atoms with Gasteiger partial charge in [-0.05, 0) is 62.9 Å². The fraction of sp³-hybridized carbons (Fsp3) is 0.500. The highest BCUT2D eigenvalue weighted by molar-refractivity contribution is 5.97. The lowest BCUT2D eigenvalue weighted by Gasteiger charge is -2.34. The number of anilines is 2. The quantitative estimate of drug-likeness (QED) is 0.213. The number of hydrogen-bond donors (Lipinski definition) is 2. The van der Waals surface area contributed by atoms with Gasteiger partial charge in [0.25, 0.3) is 5.91 Å². The molecule has 1 aromatic heterocycles. The molecule has 266 valence electrons. The smallest absolute Gasteiger partial charge is 0.416 e. The van der Waals surface area contributed by atoms with E-state index in [9.17, 15) is 36.6 Å². The summed E-state index contributed by atoms with van der Waals surface area (Å²) in [6, 6.07) is 6.01. The van der Waals surface area contributed by atoms with E-state index in [2.05, 4.69) is 10.3 Å². The van der Waals surface area contributed by atoms with Crippen molar-refractivity contribution in [3.8, 4) is 0 Å². The Morgan fingerprint density at radius 1 is 1.10 bits per heavy atom. The highest BCUT2D eigenvalue weighted by atomic mass is 19.4. The normalized spacial score (nSPS) is 20.9. The summed E-state index contributed by atoms with van der Waals surface area (Å²) in [5.74, 6) is -5.23. The molecular formula is C34H39F6N5O4. The molecule has 1 amide bonds. The number of nitrogens with one attached hydrogen (secondary N) is 1. The second-order valence-corrected chi connectivity index (χ2v) is 13.1. The van der Waals surface area contributed by atoms with E-state index < -0.39 is 53.0 Å². The van der Waals surface area contributed by atoms with Gasteiger partial charge in [-0.25, -0.2) is 18.2 Å². The van der Waals surface area contributed by atoms with Gasteiger partial charge in [0, 0.05) is 61.8 Å². The van der Waals surface area contributed by atoms with Crippen molar-refractivity contribution in [2.75, 3.05) is 49.6 Å². The number of aliphatic hydroxyl groups is 1. The molecule has 0 saturated carbocycles. The zero-order valence-electron chi connectivity index (χ0n) is 27.4. The Labute approximate surface area is 279 Å². The average molecular weight is 696 g/mol. The molecule has 2 aliphatic heterocycles. The number of esters is 1. The number of rotatable bonds is 10. The zero-order chi connectivity index (χ0) is 35.7. The molecule has 2 fully saturated rings. The first kappa shape index (κ1) is 36.2. The Kier molecular flexibility index (Phi) is 10.4. The van der Waals surface area contributed by atoms with Crippen LogP contribution in [0, 0.1) is 17.6 Å². The third kappa shape index (κ3) is 7.57. The van der Waals surface area contributed by atoms with Crippen molar-refractivity contribution in [2.24, 2.45) is 5.92 Å². The molecule has 9 nitrogen and oxygen atoms in total. The summed E-state index contributed by atoms with van der Waals surface area (Å²) < 4.78 is 93.6. The van der Waals surface area contributed by atoms with Crippen LogP contribution in [-0.2, 0) is 27.0 Å². The van der Waals surface area contributed by atoms with Crippen LogP contribution in [0.5, 0.6) is 0 Å². The van der Waals surface area contributed by atoms with E-state index in [1.165, 1.54) is 27.9 Å². The van der Waals surface area contributed by atoms with Gasteiger partial charge in [0.1, 0.15) is 11.6 Å². The summed E-state index contributed by atoms with van der Waals surface area (Å²) >= 11 is 0. The first-order valence-corrected chi connectivity index (χ1v) is 16.0. The Morgan fingerprint density at radius 3 is 2.45 bits per heavy atom. The first-order valence-electron chi connectivity index (χ1n) is 16.0. The third-order valence-corrected chi connectivity index (χ3v) is 9.48. The summed E-state index contributed by atoms with van der Waals surface area (Å²) in [6.45, 7) is 4.71. The molecule has 0 radical (unpaired) electrons. The molecule has 3 heterocycles. The monoisotopic (exact) mass is 695 g/mol. The van der Waals surface area contributed by atoms with Crippen LogP contribution >= 0.6 is 0 Å². The van der Waals surface area contributed by atoms with Gasteiger partial charge in [0.2, 0.25) is 11.6 Å². The molecular weight excluding hydrogens is 656 g/mol. The SMILES string of the molecule is CCOC(=O)C1CCN(c2cc(C(F)(F)F)ccc2Cn2ccnc2NC(=O)[C@]2(F)CN(C(C)(C)CO)C[C@H]2c2ccc(F)cc2F)CC1. The van der Waals surface area contributed by atoms with Crippen LogP contribution in [0.2, 0.25) is 0 Å². The Balaban J connectivity index is 1.42. The minimum absolute atomic E-state index is 0.0557. The number of hydrogen-bond acceptors (Lipinski definition) is 7. The number of halogens is 6. The highest BCUT2D eigenvalue weighted by Crippen LogP contribution is 2.44. The number of imidazole rings is 1. The number of amides is 1. The van der Waals surface area contributed by atoms with Crippen LogP contribution in [-0.4, -0.2) is 82.0 Å². The van der Waals surface area contributed by atoms with Gasteiger partial charge in [-0.2, -0.15) is 13.2 Å². The molecule has 2 aliphatic rings. The van der Waals surface area contributed by atoms with Gasteiger partial charge >= 0.3 is 12.1 Å². The average Bonchev–Trinajstić information content (AvgIpc) is 3.65. The number of piperidine rings is 1. The number of ether oxygens (including phenoxy) is 1. The van der Waals surface area contributed by atoms with Gasteiger partial charge in [-0.15, -0.1) is 0 Å². The summed E-state index contributed by atoms with van der Waals surface area (Å²) in [6.07, 6.45) is -1.02. The summed E-state index contributed by atoms with van der Waals surface area (Å²) in [7, 11) is 0. The number of aromatic nitrogens is 2. The molecule has 0 aliphatic carbocycles. The van der Waals surface area contributed by atoms with E-state index in [1.54, 1.807) is 25.7 Å². The standard InChI is InChI=1S/C34H39F6N5O4/c1-4-49-29(47)21-9-12-43(13-10-21)28-15-23(34(38,39)40)6-5-22(28)17-44-14-11-41-31(44)42-30(48)33(37)19-45(32(2,3)20-46)18-26(33)25-8-7-24(35)16-27(25)36/h5-8,11,14-16,21,26,46H,4,9-10,12-13,17-20H2,1-3H3,(H,41,42,48)/t26-,33-/m0/s1. The second kappa shape index (κ2) is 14.0. The molecule has 2 saturated heterocycles. The minimum Gasteiger partial charge on any atom is -0.466 e. The molecule has 3 aromatic rings. The summed E-state index contributed by atoms with van der Waals surface area (Å²) in [4.78, 5) is 33.5. The van der Waals surface area contributed by atoms with Crippen molar-refractivity contribution in [1.29, 1.82) is 0 Å². The number of likely N-dealkylation sites (tertiary alicyclic amines) is 1. The van der Waals surface area contributed by atoms with Gasteiger partial charge in [0.05, 0.1) is 31.2 Å². The first-order chi connectivity index (χ1) is 23.1. The second-order valence-electron chi connectivity index (χ2n) is 13.1. The highest BCUT2D eigenvalue weighted by Gasteiger charge is 2.57. The van der Waals surface area contributed by atoms with Crippen molar-refractivity contribution in [2.45, 2.75) is 63.5 Å². The number of benzene rings is 2. The van der Waals surface area contributed by atoms with E-state index in [1.807, 2.05) is 0 Å². The Bertz CT molecular complexity index is 1670. The van der Waals surface area contributed by atoms with E-state index in [0.29, 0.717) is 37.6 Å². The van der Waals surface area contributed by atoms with Gasteiger partial charge in [-0.3, -0.25) is 19.8 Å². The lowest BCUT2D eigenvalue weighted by Crippen LogP contribution is -2.49. The largest absolute Gasteiger partial charge is 0.466 e. The molecule has 49 heavy (non-hydrogen) atoms. The molecule has 0 spiro atoms. The topological polar surface area (TPSA) is 99.9 Å². The molecule has 0 unspecified atom stereocenters. The number of aliphatic hydroxyl groups excluding tert-OH is 1. The molecule has 5 rings (SSSR count). The number of alkyl halides is 4. The van der Waals surface area contributed by atoms with Crippen LogP contribution in [0.3, 0.4) is 0 Å². The summed E-state index contributed by atoms with van der Waals surface area (Å²) in [5.41, 5.74) is -4.05. The molecule has 15 heteroatoms. The molecule has 2 N–H and O–H groups in total. The third-order valence-electron chi connectivity index (χ3n) is 9.48. The van der Waals surface area contributed by atoms with Crippen LogP contribution in [0.1, 0.15) is 56.2 Å². The number of carbonyl (C=O) groups is 2. The van der Waals surface area contributed by atoms with Crippen LogP contribution < -0.4 is 10.2 Å². The van der Waals surface area contributed by atoms with Crippen molar-refractivity contribution < 1.29 is 45.8 Å². The maximum Gasteiger partial charge on any atom is 0.416 e.